The van der Waals surface area contributed by atoms with Crippen molar-refractivity contribution in [3.8, 4) is 5.75 Å². The highest BCUT2D eigenvalue weighted by atomic mass is 32.1. The first-order chi connectivity index (χ1) is 15.5. The minimum atomic E-state index is -0.305. The molecule has 1 aromatic heterocycles. The molecule has 1 aliphatic rings. The molecule has 0 bridgehead atoms. The zero-order valence-electron chi connectivity index (χ0n) is 18.0. The second-order valence-electron chi connectivity index (χ2n) is 7.50. The van der Waals surface area contributed by atoms with Gasteiger partial charge in [-0.25, -0.2) is 4.79 Å². The largest absolute Gasteiger partial charge is 0.494 e. The number of hydrogen-bond acceptors (Lipinski definition) is 6. The molecule has 8 nitrogen and oxygen atoms in total. The molecule has 4 rings (SSSR count). The van der Waals surface area contributed by atoms with Crippen LogP contribution in [0.15, 0.2) is 48.5 Å². The molecule has 0 unspecified atom stereocenters. The summed E-state index contributed by atoms with van der Waals surface area (Å²) in [6.07, 6.45) is 1.65. The van der Waals surface area contributed by atoms with E-state index in [0.717, 1.165) is 24.2 Å². The summed E-state index contributed by atoms with van der Waals surface area (Å²) in [5.41, 5.74) is 2.51. The van der Waals surface area contributed by atoms with Crippen LogP contribution in [0.25, 0.3) is 0 Å². The first-order valence-corrected chi connectivity index (χ1v) is 11.4. The quantitative estimate of drug-likeness (QED) is 0.558. The fraction of sp³-hybridized carbons (Fsp3) is 0.304. The molecule has 2 heterocycles. The lowest BCUT2D eigenvalue weighted by Crippen LogP contribution is -2.34. The van der Waals surface area contributed by atoms with Crippen molar-refractivity contribution in [3.05, 3.63) is 64.1 Å². The molecule has 0 saturated carbocycles. The Kier molecular flexibility index (Phi) is 6.65. The van der Waals surface area contributed by atoms with E-state index < -0.39 is 0 Å². The molecule has 0 radical (unpaired) electrons. The van der Waals surface area contributed by atoms with Crippen molar-refractivity contribution in [1.82, 2.24) is 15.1 Å². The number of ether oxygens (including phenoxy) is 1. The van der Waals surface area contributed by atoms with Crippen molar-refractivity contribution in [2.45, 2.75) is 32.7 Å². The van der Waals surface area contributed by atoms with Crippen LogP contribution in [-0.2, 0) is 0 Å². The molecule has 1 fully saturated rings. The molecule has 3 aromatic rings. The van der Waals surface area contributed by atoms with Crippen LogP contribution < -0.4 is 15.4 Å². The first kappa shape index (κ1) is 21.8. The highest BCUT2D eigenvalue weighted by molar-refractivity contribution is 7.13. The molecule has 3 amide bonds. The van der Waals surface area contributed by atoms with E-state index in [0.29, 0.717) is 29.5 Å². The number of nitrogens with one attached hydrogen (secondary N) is 2. The predicted octanol–water partition coefficient (Wildman–Crippen LogP) is 4.87. The first-order valence-electron chi connectivity index (χ1n) is 10.6. The molecule has 2 aromatic carbocycles. The number of hydrogen-bond donors (Lipinski definition) is 2. The summed E-state index contributed by atoms with van der Waals surface area (Å²) in [7, 11) is 0. The topological polar surface area (TPSA) is 96.4 Å². The number of likely N-dealkylation sites (tertiary alicyclic amines) is 1. The molecule has 166 valence electrons. The van der Waals surface area contributed by atoms with Gasteiger partial charge in [0.1, 0.15) is 10.8 Å². The number of carbonyl (C=O) groups excluding carboxylic acids is 2. The third kappa shape index (κ3) is 5.05. The van der Waals surface area contributed by atoms with Crippen LogP contribution in [0.3, 0.4) is 0 Å². The standard InChI is InChI=1S/C23H25N5O3S/c1-3-31-18-12-10-17(11-13-18)25-23(30)28-14-4-5-19(28)21-26-27-22(32-21)20(29)24-16-8-6-15(2)7-9-16/h6-13,19H,3-5,14H2,1-2H3,(H,24,29)(H,25,30)/t19-/m0/s1. The van der Waals surface area contributed by atoms with E-state index in [1.165, 1.54) is 11.3 Å². The average Bonchev–Trinajstić information content (AvgIpc) is 3.46. The SMILES string of the molecule is CCOc1ccc(NC(=O)N2CCC[C@H]2c2nnc(C(=O)Nc3ccc(C)cc3)s2)cc1. The van der Waals surface area contributed by atoms with Gasteiger partial charge in [0.05, 0.1) is 12.6 Å². The normalized spacial score (nSPS) is 15.4. The van der Waals surface area contributed by atoms with Gasteiger partial charge < -0.3 is 20.3 Å². The van der Waals surface area contributed by atoms with Gasteiger partial charge in [0.25, 0.3) is 5.91 Å². The van der Waals surface area contributed by atoms with Gasteiger partial charge in [0, 0.05) is 17.9 Å². The average molecular weight is 452 g/mol. The summed E-state index contributed by atoms with van der Waals surface area (Å²) in [6.45, 7) is 5.13. The van der Waals surface area contributed by atoms with Gasteiger partial charge in [-0.15, -0.1) is 10.2 Å². The number of aromatic nitrogens is 2. The van der Waals surface area contributed by atoms with Crippen molar-refractivity contribution in [1.29, 1.82) is 0 Å². The van der Waals surface area contributed by atoms with E-state index in [4.69, 9.17) is 4.74 Å². The van der Waals surface area contributed by atoms with Crippen LogP contribution in [0.4, 0.5) is 16.2 Å². The number of aryl methyl sites for hydroxylation is 1. The van der Waals surface area contributed by atoms with E-state index in [2.05, 4.69) is 20.8 Å². The van der Waals surface area contributed by atoms with Crippen LogP contribution >= 0.6 is 11.3 Å². The van der Waals surface area contributed by atoms with Crippen molar-refractivity contribution in [2.24, 2.45) is 0 Å². The number of nitrogens with zero attached hydrogens (tertiary/aromatic N) is 3. The van der Waals surface area contributed by atoms with E-state index in [1.807, 2.05) is 62.4 Å². The monoisotopic (exact) mass is 451 g/mol. The third-order valence-corrected chi connectivity index (χ3v) is 6.18. The minimum absolute atomic E-state index is 0.197. The fourth-order valence-electron chi connectivity index (χ4n) is 3.55. The van der Waals surface area contributed by atoms with Crippen LogP contribution in [0.2, 0.25) is 0 Å². The molecule has 1 atom stereocenters. The number of rotatable bonds is 6. The Morgan fingerprint density at radius 1 is 1.06 bits per heavy atom. The minimum Gasteiger partial charge on any atom is -0.494 e. The van der Waals surface area contributed by atoms with Gasteiger partial charge in [-0.3, -0.25) is 4.79 Å². The van der Waals surface area contributed by atoms with Crippen LogP contribution in [0.5, 0.6) is 5.75 Å². The van der Waals surface area contributed by atoms with Crippen LogP contribution in [0.1, 0.15) is 46.2 Å². The fourth-order valence-corrected chi connectivity index (χ4v) is 4.43. The lowest BCUT2D eigenvalue weighted by molar-refractivity contribution is 0.102. The van der Waals surface area contributed by atoms with Gasteiger partial charge >= 0.3 is 6.03 Å². The van der Waals surface area contributed by atoms with Gasteiger partial charge in [0.15, 0.2) is 0 Å². The second-order valence-corrected chi connectivity index (χ2v) is 8.51. The Balaban J connectivity index is 1.40. The number of amides is 3. The molecular weight excluding hydrogens is 426 g/mol. The van der Waals surface area contributed by atoms with E-state index in [9.17, 15) is 9.59 Å². The molecular formula is C23H25N5O3S. The second kappa shape index (κ2) is 9.78. The van der Waals surface area contributed by atoms with E-state index in [1.54, 1.807) is 4.90 Å². The van der Waals surface area contributed by atoms with Crippen molar-refractivity contribution >= 4 is 34.6 Å². The predicted molar refractivity (Wildman–Crippen MR) is 124 cm³/mol. The summed E-state index contributed by atoms with van der Waals surface area (Å²) in [6, 6.07) is 14.4. The lowest BCUT2D eigenvalue weighted by atomic mass is 10.2. The Bertz CT molecular complexity index is 1080. The van der Waals surface area contributed by atoms with E-state index in [-0.39, 0.29) is 23.0 Å². The summed E-state index contributed by atoms with van der Waals surface area (Å²) in [5, 5.41) is 15.0. The smallest absolute Gasteiger partial charge is 0.322 e. The number of carbonyl (C=O) groups is 2. The molecule has 1 saturated heterocycles. The van der Waals surface area contributed by atoms with E-state index >= 15 is 0 Å². The molecule has 1 aliphatic heterocycles. The summed E-state index contributed by atoms with van der Waals surface area (Å²) in [4.78, 5) is 27.2. The number of urea groups is 1. The zero-order valence-corrected chi connectivity index (χ0v) is 18.8. The summed E-state index contributed by atoms with van der Waals surface area (Å²) < 4.78 is 5.44. The molecule has 0 aliphatic carbocycles. The molecule has 9 heteroatoms. The van der Waals surface area contributed by atoms with Crippen LogP contribution in [-0.4, -0.2) is 40.2 Å². The molecule has 2 N–H and O–H groups in total. The van der Waals surface area contributed by atoms with Crippen molar-refractivity contribution in [3.63, 3.8) is 0 Å². The third-order valence-electron chi connectivity index (χ3n) is 5.16. The Morgan fingerprint density at radius 3 is 2.47 bits per heavy atom. The summed E-state index contributed by atoms with van der Waals surface area (Å²) in [5.74, 6) is 0.454. The van der Waals surface area contributed by atoms with Gasteiger partial charge in [-0.05, 0) is 63.1 Å². The zero-order chi connectivity index (χ0) is 22.5. The highest BCUT2D eigenvalue weighted by Crippen LogP contribution is 2.34. The van der Waals surface area contributed by atoms with Crippen molar-refractivity contribution in [2.75, 3.05) is 23.8 Å². The highest BCUT2D eigenvalue weighted by Gasteiger charge is 2.33. The Hall–Kier alpha value is -3.46. The maximum atomic E-state index is 12.9. The summed E-state index contributed by atoms with van der Waals surface area (Å²) >= 11 is 1.22. The van der Waals surface area contributed by atoms with Gasteiger partial charge in [-0.1, -0.05) is 29.0 Å². The lowest BCUT2D eigenvalue weighted by Gasteiger charge is -2.23. The molecule has 32 heavy (non-hydrogen) atoms. The Labute approximate surface area is 190 Å². The Morgan fingerprint density at radius 2 is 1.75 bits per heavy atom. The van der Waals surface area contributed by atoms with Crippen molar-refractivity contribution < 1.29 is 14.3 Å². The van der Waals surface area contributed by atoms with Crippen LogP contribution in [0, 0.1) is 6.92 Å². The van der Waals surface area contributed by atoms with Gasteiger partial charge in [-0.2, -0.15) is 0 Å². The number of benzene rings is 2. The number of anilines is 2. The maximum Gasteiger partial charge on any atom is 0.322 e. The maximum absolute atomic E-state index is 12.9. The molecule has 0 spiro atoms. The van der Waals surface area contributed by atoms with Gasteiger partial charge in [0.2, 0.25) is 5.01 Å².